The molecule has 5 rings (SSSR count). The monoisotopic (exact) mass is 361 g/mol. The van der Waals surface area contributed by atoms with Crippen LogP contribution < -0.4 is 0 Å². The standard InChI is InChI=1S/C23H27N3O/c1-24-11-12-25(16-24)14-17-5-7-18(8-6-17)19-9-10-22-20(13-19)15-26(23(22)27)21-3-2-4-21/h5-10,13,21H,2-4,11-12,14-16H2,1H3. The minimum Gasteiger partial charge on any atom is -0.331 e. The molecule has 4 nitrogen and oxygen atoms in total. The molecular formula is C23H27N3O. The molecule has 0 spiro atoms. The van der Waals surface area contributed by atoms with Crippen molar-refractivity contribution in [1.29, 1.82) is 0 Å². The molecule has 4 heteroatoms. The second kappa shape index (κ2) is 6.77. The molecule has 0 unspecified atom stereocenters. The molecular weight excluding hydrogens is 334 g/mol. The number of amides is 1. The van der Waals surface area contributed by atoms with E-state index in [-0.39, 0.29) is 5.91 Å². The predicted molar refractivity (Wildman–Crippen MR) is 107 cm³/mol. The van der Waals surface area contributed by atoms with Crippen LogP contribution in [0.25, 0.3) is 11.1 Å². The zero-order valence-electron chi connectivity index (χ0n) is 16.0. The molecule has 1 aliphatic carbocycles. The minimum atomic E-state index is 0.229. The Hall–Kier alpha value is -2.17. The fraction of sp³-hybridized carbons (Fsp3) is 0.435. The van der Waals surface area contributed by atoms with Crippen LogP contribution in [0.1, 0.15) is 40.7 Å². The largest absolute Gasteiger partial charge is 0.331 e. The predicted octanol–water partition coefficient (Wildman–Crippen LogP) is 3.57. The van der Waals surface area contributed by atoms with Crippen LogP contribution >= 0.6 is 0 Å². The molecule has 27 heavy (non-hydrogen) atoms. The second-order valence-electron chi connectivity index (χ2n) is 8.36. The van der Waals surface area contributed by atoms with E-state index in [9.17, 15) is 4.79 Å². The van der Waals surface area contributed by atoms with Gasteiger partial charge in [0.2, 0.25) is 0 Å². The molecule has 140 valence electrons. The van der Waals surface area contributed by atoms with Crippen molar-refractivity contribution < 1.29 is 4.79 Å². The van der Waals surface area contributed by atoms with Crippen LogP contribution in [0.15, 0.2) is 42.5 Å². The van der Waals surface area contributed by atoms with Crippen molar-refractivity contribution >= 4 is 5.91 Å². The molecule has 2 fully saturated rings. The number of benzene rings is 2. The summed E-state index contributed by atoms with van der Waals surface area (Å²) in [7, 11) is 2.17. The molecule has 0 N–H and O–H groups in total. The Labute approximate surface area is 161 Å². The van der Waals surface area contributed by atoms with Gasteiger partial charge in [-0.15, -0.1) is 0 Å². The van der Waals surface area contributed by atoms with Gasteiger partial charge < -0.3 is 4.90 Å². The van der Waals surface area contributed by atoms with Crippen LogP contribution in [0.4, 0.5) is 0 Å². The van der Waals surface area contributed by atoms with Crippen molar-refractivity contribution in [3.8, 4) is 11.1 Å². The summed E-state index contributed by atoms with van der Waals surface area (Å²) in [5, 5.41) is 0. The quantitative estimate of drug-likeness (QED) is 0.833. The lowest BCUT2D eigenvalue weighted by Gasteiger charge is -2.34. The number of likely N-dealkylation sites (N-methyl/N-ethyl adjacent to an activating group) is 1. The molecule has 0 aromatic heterocycles. The highest BCUT2D eigenvalue weighted by Gasteiger charge is 2.35. The first-order chi connectivity index (χ1) is 13.2. The van der Waals surface area contributed by atoms with Crippen molar-refractivity contribution in [3.63, 3.8) is 0 Å². The Morgan fingerprint density at radius 1 is 1.00 bits per heavy atom. The second-order valence-corrected chi connectivity index (χ2v) is 8.36. The number of fused-ring (bicyclic) bond motifs is 1. The minimum absolute atomic E-state index is 0.229. The zero-order valence-corrected chi connectivity index (χ0v) is 16.0. The van der Waals surface area contributed by atoms with Crippen LogP contribution in [-0.4, -0.2) is 53.5 Å². The highest BCUT2D eigenvalue weighted by Crippen LogP contribution is 2.34. The van der Waals surface area contributed by atoms with Gasteiger partial charge in [-0.1, -0.05) is 30.3 Å². The Bertz CT molecular complexity index is 856. The molecule has 2 aliphatic heterocycles. The lowest BCUT2D eigenvalue weighted by Crippen LogP contribution is -2.40. The van der Waals surface area contributed by atoms with Gasteiger partial charge in [0.15, 0.2) is 0 Å². The number of rotatable bonds is 4. The first-order valence-corrected chi connectivity index (χ1v) is 10.1. The van der Waals surface area contributed by atoms with E-state index in [2.05, 4.69) is 58.1 Å². The first kappa shape index (κ1) is 17.0. The summed E-state index contributed by atoms with van der Waals surface area (Å²) in [6, 6.07) is 15.7. The van der Waals surface area contributed by atoms with Gasteiger partial charge in [0.05, 0.1) is 6.67 Å². The van der Waals surface area contributed by atoms with Gasteiger partial charge in [0, 0.05) is 37.8 Å². The van der Waals surface area contributed by atoms with Crippen LogP contribution in [0, 0.1) is 0 Å². The van der Waals surface area contributed by atoms with Gasteiger partial charge >= 0.3 is 0 Å². The average Bonchev–Trinajstić information content (AvgIpc) is 3.18. The Kier molecular flexibility index (Phi) is 4.25. The highest BCUT2D eigenvalue weighted by atomic mass is 16.2. The third-order valence-electron chi connectivity index (χ3n) is 6.39. The molecule has 1 amide bonds. The molecule has 2 aromatic rings. The van der Waals surface area contributed by atoms with Gasteiger partial charge in [0.25, 0.3) is 5.91 Å². The number of hydrogen-bond donors (Lipinski definition) is 0. The number of hydrogen-bond acceptors (Lipinski definition) is 3. The van der Waals surface area contributed by atoms with E-state index >= 15 is 0 Å². The summed E-state index contributed by atoms with van der Waals surface area (Å²) in [5.74, 6) is 0.229. The fourth-order valence-electron chi connectivity index (χ4n) is 4.50. The summed E-state index contributed by atoms with van der Waals surface area (Å²) in [6.07, 6.45) is 3.60. The molecule has 0 atom stereocenters. The lowest BCUT2D eigenvalue weighted by molar-refractivity contribution is 0.0606. The van der Waals surface area contributed by atoms with Crippen LogP contribution in [0.5, 0.6) is 0 Å². The summed E-state index contributed by atoms with van der Waals surface area (Å²) in [5.41, 5.74) is 5.90. The van der Waals surface area contributed by atoms with Gasteiger partial charge in [-0.2, -0.15) is 0 Å². The summed E-state index contributed by atoms with van der Waals surface area (Å²) >= 11 is 0. The van der Waals surface area contributed by atoms with E-state index < -0.39 is 0 Å². The van der Waals surface area contributed by atoms with Crippen LogP contribution in [0.2, 0.25) is 0 Å². The molecule has 0 bridgehead atoms. The van der Waals surface area contributed by atoms with E-state index in [1.165, 1.54) is 41.5 Å². The molecule has 1 saturated heterocycles. The molecule has 0 radical (unpaired) electrons. The van der Waals surface area contributed by atoms with Crippen LogP contribution in [-0.2, 0) is 13.1 Å². The molecule has 2 heterocycles. The van der Waals surface area contributed by atoms with Gasteiger partial charge in [-0.3, -0.25) is 14.6 Å². The van der Waals surface area contributed by atoms with Crippen molar-refractivity contribution in [3.05, 3.63) is 59.2 Å². The SMILES string of the molecule is CN1CCN(Cc2ccc(-c3ccc4c(c3)CN(C3CCC3)C4=O)cc2)C1. The molecule has 1 saturated carbocycles. The van der Waals surface area contributed by atoms with E-state index in [1.54, 1.807) is 0 Å². The summed E-state index contributed by atoms with van der Waals surface area (Å²) in [4.78, 5) is 19.5. The number of carbonyl (C=O) groups is 1. The lowest BCUT2D eigenvalue weighted by atomic mass is 9.92. The summed E-state index contributed by atoms with van der Waals surface area (Å²) < 4.78 is 0. The highest BCUT2D eigenvalue weighted by molar-refractivity contribution is 5.99. The molecule has 2 aromatic carbocycles. The van der Waals surface area contributed by atoms with Crippen molar-refractivity contribution in [2.75, 3.05) is 26.8 Å². The zero-order chi connectivity index (χ0) is 18.4. The smallest absolute Gasteiger partial charge is 0.254 e. The normalized spacial score (nSPS) is 20.9. The number of carbonyl (C=O) groups excluding carboxylic acids is 1. The molecule has 3 aliphatic rings. The number of nitrogens with zero attached hydrogens (tertiary/aromatic N) is 3. The fourth-order valence-corrected chi connectivity index (χ4v) is 4.50. The van der Waals surface area contributed by atoms with Crippen molar-refractivity contribution in [2.45, 2.75) is 38.4 Å². The van der Waals surface area contributed by atoms with E-state index in [0.717, 1.165) is 38.4 Å². The Morgan fingerprint density at radius 3 is 2.44 bits per heavy atom. The van der Waals surface area contributed by atoms with Crippen molar-refractivity contribution in [2.24, 2.45) is 0 Å². The maximum Gasteiger partial charge on any atom is 0.254 e. The van der Waals surface area contributed by atoms with E-state index in [0.29, 0.717) is 6.04 Å². The summed E-state index contributed by atoms with van der Waals surface area (Å²) in [6.45, 7) is 5.16. The Morgan fingerprint density at radius 2 is 1.78 bits per heavy atom. The van der Waals surface area contributed by atoms with E-state index in [4.69, 9.17) is 0 Å². The first-order valence-electron chi connectivity index (χ1n) is 10.1. The van der Waals surface area contributed by atoms with Gasteiger partial charge in [-0.25, -0.2) is 0 Å². The van der Waals surface area contributed by atoms with E-state index in [1.807, 2.05) is 6.07 Å². The van der Waals surface area contributed by atoms with Crippen molar-refractivity contribution in [1.82, 2.24) is 14.7 Å². The third-order valence-corrected chi connectivity index (χ3v) is 6.39. The topological polar surface area (TPSA) is 26.8 Å². The maximum atomic E-state index is 12.6. The van der Waals surface area contributed by atoms with Gasteiger partial charge in [-0.05, 0) is 60.7 Å². The maximum absolute atomic E-state index is 12.6. The van der Waals surface area contributed by atoms with Gasteiger partial charge in [0.1, 0.15) is 0 Å². The van der Waals surface area contributed by atoms with Crippen LogP contribution in [0.3, 0.4) is 0 Å². The Balaban J connectivity index is 1.32. The third kappa shape index (κ3) is 3.17. The average molecular weight is 361 g/mol.